The summed E-state index contributed by atoms with van der Waals surface area (Å²) < 4.78 is 27.1. The Morgan fingerprint density at radius 2 is 1.95 bits per heavy atom. The second kappa shape index (κ2) is 5.18. The molecule has 1 saturated carbocycles. The summed E-state index contributed by atoms with van der Waals surface area (Å²) >= 11 is 0. The van der Waals surface area contributed by atoms with Crippen molar-refractivity contribution in [2.24, 2.45) is 0 Å². The molecule has 1 fully saturated rings. The molecule has 1 N–H and O–H groups in total. The highest BCUT2D eigenvalue weighted by molar-refractivity contribution is 7.89. The molecule has 6 heteroatoms. The van der Waals surface area contributed by atoms with Crippen molar-refractivity contribution in [1.82, 2.24) is 4.31 Å². The first-order valence-corrected chi connectivity index (χ1v) is 8.06. The molecule has 2 rings (SSSR count). The monoisotopic (exact) mass is 297 g/mol. The van der Waals surface area contributed by atoms with Crippen LogP contribution < -0.4 is 0 Å². The molecule has 0 amide bonds. The van der Waals surface area contributed by atoms with Gasteiger partial charge in [0.05, 0.1) is 10.5 Å². The fraction of sp³-hybridized carbons (Fsp3) is 0.500. The first kappa shape index (κ1) is 15.0. The molecule has 0 saturated heterocycles. The molecular weight excluding hydrogens is 278 g/mol. The quantitative estimate of drug-likeness (QED) is 0.904. The summed E-state index contributed by atoms with van der Waals surface area (Å²) in [5, 5.41) is 9.03. The Hall–Kier alpha value is -1.40. The van der Waals surface area contributed by atoms with Crippen molar-refractivity contribution in [2.75, 3.05) is 0 Å². The van der Waals surface area contributed by atoms with Crippen molar-refractivity contribution >= 4 is 16.0 Å². The van der Waals surface area contributed by atoms with Crippen LogP contribution in [0.3, 0.4) is 0 Å². The van der Waals surface area contributed by atoms with E-state index >= 15 is 0 Å². The third kappa shape index (κ3) is 2.71. The topological polar surface area (TPSA) is 74.7 Å². The van der Waals surface area contributed by atoms with Gasteiger partial charge in [-0.1, -0.05) is 6.07 Å². The number of aryl methyl sites for hydroxylation is 1. The highest BCUT2D eigenvalue weighted by atomic mass is 32.2. The van der Waals surface area contributed by atoms with Crippen LogP contribution in [0.15, 0.2) is 23.1 Å². The van der Waals surface area contributed by atoms with Gasteiger partial charge in [0, 0.05) is 12.1 Å². The summed E-state index contributed by atoms with van der Waals surface area (Å²) in [6.45, 7) is 5.36. The van der Waals surface area contributed by atoms with E-state index in [4.69, 9.17) is 5.11 Å². The SMILES string of the molecule is Cc1ccc(C(=O)O)cc1S(=O)(=O)N(C(C)C)C1CC1. The van der Waals surface area contributed by atoms with Crippen LogP contribution in [0.5, 0.6) is 0 Å². The third-order valence-corrected chi connectivity index (χ3v) is 5.68. The number of sulfonamides is 1. The second-order valence-corrected chi connectivity index (χ2v) is 7.26. The van der Waals surface area contributed by atoms with Gasteiger partial charge in [0.2, 0.25) is 10.0 Å². The molecule has 20 heavy (non-hydrogen) atoms. The molecule has 0 atom stereocenters. The second-order valence-electron chi connectivity index (χ2n) is 5.45. The fourth-order valence-electron chi connectivity index (χ4n) is 2.35. The molecule has 1 aliphatic rings. The molecule has 0 aliphatic heterocycles. The Morgan fingerprint density at radius 1 is 1.35 bits per heavy atom. The Balaban J connectivity index is 2.53. The van der Waals surface area contributed by atoms with E-state index in [1.54, 1.807) is 13.0 Å². The molecule has 0 aromatic heterocycles. The molecule has 1 aromatic carbocycles. The Labute approximate surface area is 119 Å². The number of carboxylic acid groups (broad SMARTS) is 1. The van der Waals surface area contributed by atoms with Crippen molar-refractivity contribution in [3.63, 3.8) is 0 Å². The molecular formula is C14H19NO4S. The number of carbonyl (C=O) groups is 1. The van der Waals surface area contributed by atoms with Gasteiger partial charge >= 0.3 is 5.97 Å². The van der Waals surface area contributed by atoms with Crippen LogP contribution in [0.2, 0.25) is 0 Å². The predicted octanol–water partition coefficient (Wildman–Crippen LogP) is 2.25. The van der Waals surface area contributed by atoms with Crippen molar-refractivity contribution in [3.8, 4) is 0 Å². The van der Waals surface area contributed by atoms with E-state index in [9.17, 15) is 13.2 Å². The van der Waals surface area contributed by atoms with Crippen molar-refractivity contribution in [2.45, 2.75) is 50.6 Å². The van der Waals surface area contributed by atoms with E-state index in [1.165, 1.54) is 16.4 Å². The minimum Gasteiger partial charge on any atom is -0.478 e. The summed E-state index contributed by atoms with van der Waals surface area (Å²) in [5.41, 5.74) is 0.565. The maximum atomic E-state index is 12.8. The largest absolute Gasteiger partial charge is 0.478 e. The van der Waals surface area contributed by atoms with Crippen LogP contribution in [-0.2, 0) is 10.0 Å². The fourth-order valence-corrected chi connectivity index (χ4v) is 4.49. The van der Waals surface area contributed by atoms with E-state index in [-0.39, 0.29) is 22.5 Å². The highest BCUT2D eigenvalue weighted by Crippen LogP contribution is 2.34. The first-order valence-electron chi connectivity index (χ1n) is 6.62. The standard InChI is InChI=1S/C14H19NO4S/c1-9(2)15(12-6-7-12)20(18,19)13-8-11(14(16)17)5-4-10(13)3/h4-5,8-9,12H,6-7H2,1-3H3,(H,16,17). The van der Waals surface area contributed by atoms with Crippen LogP contribution in [0.25, 0.3) is 0 Å². The lowest BCUT2D eigenvalue weighted by Crippen LogP contribution is -2.39. The molecule has 0 bridgehead atoms. The summed E-state index contributed by atoms with van der Waals surface area (Å²) in [4.78, 5) is 11.1. The van der Waals surface area contributed by atoms with Crippen LogP contribution in [-0.4, -0.2) is 35.9 Å². The van der Waals surface area contributed by atoms with Gasteiger partial charge in [-0.3, -0.25) is 0 Å². The number of carboxylic acids is 1. The van der Waals surface area contributed by atoms with E-state index in [2.05, 4.69) is 0 Å². The zero-order chi connectivity index (χ0) is 15.1. The predicted molar refractivity (Wildman–Crippen MR) is 75.3 cm³/mol. The molecule has 0 spiro atoms. The zero-order valence-corrected chi connectivity index (χ0v) is 12.6. The minimum atomic E-state index is -3.65. The molecule has 0 unspecified atom stereocenters. The normalized spacial score (nSPS) is 15.8. The number of benzene rings is 1. The van der Waals surface area contributed by atoms with Crippen LogP contribution in [0.4, 0.5) is 0 Å². The molecule has 5 nitrogen and oxygen atoms in total. The summed E-state index contributed by atoms with van der Waals surface area (Å²) in [5.74, 6) is -1.12. The average molecular weight is 297 g/mol. The Bertz CT molecular complexity index is 631. The smallest absolute Gasteiger partial charge is 0.335 e. The van der Waals surface area contributed by atoms with Gasteiger partial charge in [0.1, 0.15) is 0 Å². The number of hydrogen-bond acceptors (Lipinski definition) is 3. The van der Waals surface area contributed by atoms with E-state index in [0.717, 1.165) is 12.8 Å². The average Bonchev–Trinajstić information content (AvgIpc) is 3.12. The first-order chi connectivity index (χ1) is 9.25. The number of nitrogens with zero attached hydrogens (tertiary/aromatic N) is 1. The van der Waals surface area contributed by atoms with Crippen LogP contribution >= 0.6 is 0 Å². The summed E-state index contributed by atoms with van der Waals surface area (Å²) in [7, 11) is -3.65. The van der Waals surface area contributed by atoms with Gasteiger partial charge in [-0.05, 0) is 51.3 Å². The maximum absolute atomic E-state index is 12.8. The van der Waals surface area contributed by atoms with Gasteiger partial charge < -0.3 is 5.11 Å². The molecule has 1 aliphatic carbocycles. The number of hydrogen-bond donors (Lipinski definition) is 1. The van der Waals surface area contributed by atoms with E-state index in [1.807, 2.05) is 13.8 Å². The Morgan fingerprint density at radius 3 is 2.40 bits per heavy atom. The van der Waals surface area contributed by atoms with Crippen LogP contribution in [0, 0.1) is 6.92 Å². The van der Waals surface area contributed by atoms with E-state index < -0.39 is 16.0 Å². The van der Waals surface area contributed by atoms with E-state index in [0.29, 0.717) is 5.56 Å². The molecule has 1 aromatic rings. The van der Waals surface area contributed by atoms with Gasteiger partial charge in [-0.2, -0.15) is 4.31 Å². The van der Waals surface area contributed by atoms with Crippen molar-refractivity contribution < 1.29 is 18.3 Å². The van der Waals surface area contributed by atoms with Crippen LogP contribution in [0.1, 0.15) is 42.6 Å². The van der Waals surface area contributed by atoms with Gasteiger partial charge in [-0.25, -0.2) is 13.2 Å². The maximum Gasteiger partial charge on any atom is 0.335 e. The molecule has 0 heterocycles. The van der Waals surface area contributed by atoms with Crippen molar-refractivity contribution in [3.05, 3.63) is 29.3 Å². The third-order valence-electron chi connectivity index (χ3n) is 3.41. The molecule has 110 valence electrons. The van der Waals surface area contributed by atoms with Gasteiger partial charge in [0.25, 0.3) is 0 Å². The summed E-state index contributed by atoms with van der Waals surface area (Å²) in [6.07, 6.45) is 1.74. The lowest BCUT2D eigenvalue weighted by molar-refractivity contribution is 0.0696. The zero-order valence-electron chi connectivity index (χ0n) is 11.8. The Kier molecular flexibility index (Phi) is 3.88. The lowest BCUT2D eigenvalue weighted by atomic mass is 10.1. The van der Waals surface area contributed by atoms with Gasteiger partial charge in [-0.15, -0.1) is 0 Å². The van der Waals surface area contributed by atoms with Gasteiger partial charge in [0.15, 0.2) is 0 Å². The lowest BCUT2D eigenvalue weighted by Gasteiger charge is -2.26. The molecule has 0 radical (unpaired) electrons. The highest BCUT2D eigenvalue weighted by Gasteiger charge is 2.40. The number of rotatable bonds is 5. The minimum absolute atomic E-state index is 0.00585. The van der Waals surface area contributed by atoms with Crippen molar-refractivity contribution in [1.29, 1.82) is 0 Å². The summed E-state index contributed by atoms with van der Waals surface area (Å²) in [6, 6.07) is 4.13. The number of aromatic carboxylic acids is 1.